The third kappa shape index (κ3) is 6.14. The van der Waals surface area contributed by atoms with Gasteiger partial charge >= 0.3 is 5.97 Å². The number of aromatic nitrogens is 1. The highest BCUT2D eigenvalue weighted by Gasteiger charge is 2.42. The van der Waals surface area contributed by atoms with Gasteiger partial charge in [-0.15, -0.1) is 0 Å². The normalized spacial score (nSPS) is 22.6. The van der Waals surface area contributed by atoms with Crippen LogP contribution in [0.2, 0.25) is 5.02 Å². The van der Waals surface area contributed by atoms with Crippen LogP contribution in [-0.4, -0.2) is 82.6 Å². The fraction of sp³-hybridized carbons (Fsp3) is 0.581. The lowest BCUT2D eigenvalue weighted by atomic mass is 9.84. The molecule has 1 aromatic carbocycles. The molecular weight excluding hydrogens is 526 g/mol. The zero-order valence-corrected chi connectivity index (χ0v) is 24.5. The summed E-state index contributed by atoms with van der Waals surface area (Å²) >= 11 is 6.06. The molecule has 216 valence electrons. The van der Waals surface area contributed by atoms with Crippen LogP contribution in [0.4, 0.5) is 5.82 Å². The summed E-state index contributed by atoms with van der Waals surface area (Å²) in [5.41, 5.74) is 2.92. The number of benzene rings is 1. The molecule has 2 aromatic rings. The van der Waals surface area contributed by atoms with Gasteiger partial charge in [-0.2, -0.15) is 0 Å². The van der Waals surface area contributed by atoms with Gasteiger partial charge < -0.3 is 15.3 Å². The topological polar surface area (TPSA) is 89.0 Å². The van der Waals surface area contributed by atoms with E-state index in [9.17, 15) is 14.7 Å². The first-order valence-corrected chi connectivity index (χ1v) is 15.3. The number of carboxylic acids is 1. The molecule has 3 fully saturated rings. The number of likely N-dealkylation sites (tertiary alicyclic amines) is 1. The third-order valence-corrected chi connectivity index (χ3v) is 9.27. The van der Waals surface area contributed by atoms with Crippen molar-refractivity contribution in [2.75, 3.05) is 37.6 Å². The SMILES string of the molecule is CCNC(=O)c1cnc(N2CCN(C3CCN(Cc4ccc(Cl)cc4C(=O)O)CC3)[C@@H]3CCCC[C@@H]32)c(CC)c1. The lowest BCUT2D eigenvalue weighted by Gasteiger charge is -2.54. The molecule has 2 aliphatic heterocycles. The number of anilines is 1. The lowest BCUT2D eigenvalue weighted by Crippen LogP contribution is -2.64. The Balaban J connectivity index is 1.26. The number of piperidine rings is 1. The van der Waals surface area contributed by atoms with E-state index in [1.165, 1.54) is 25.7 Å². The average molecular weight is 568 g/mol. The van der Waals surface area contributed by atoms with E-state index in [4.69, 9.17) is 16.6 Å². The summed E-state index contributed by atoms with van der Waals surface area (Å²) in [5.74, 6) is 0.0745. The van der Waals surface area contributed by atoms with E-state index in [1.54, 1.807) is 18.3 Å². The standard InChI is InChI=1S/C31H42ClN5O3/c1-3-21-17-23(30(38)33-4-2)19-34-29(21)37-16-15-36(27-7-5-6-8-28(27)37)25-11-13-35(14-12-25)20-22-9-10-24(32)18-26(22)31(39)40/h9-10,17-19,25,27-28H,3-8,11-16,20H2,1-2H3,(H,33,38)(H,39,40)/t27-,28+/m1/s1. The predicted molar refractivity (Wildman–Crippen MR) is 158 cm³/mol. The second kappa shape index (κ2) is 12.9. The number of hydrogen-bond acceptors (Lipinski definition) is 6. The number of amides is 1. The first kappa shape index (κ1) is 28.8. The summed E-state index contributed by atoms with van der Waals surface area (Å²) in [4.78, 5) is 36.8. The number of halogens is 1. The largest absolute Gasteiger partial charge is 0.478 e. The van der Waals surface area contributed by atoms with Crippen LogP contribution in [-0.2, 0) is 13.0 Å². The smallest absolute Gasteiger partial charge is 0.336 e. The summed E-state index contributed by atoms with van der Waals surface area (Å²) in [6.07, 6.45) is 9.69. The second-order valence-corrected chi connectivity index (χ2v) is 11.8. The highest BCUT2D eigenvalue weighted by Crippen LogP contribution is 2.37. The molecule has 8 nitrogen and oxygen atoms in total. The van der Waals surface area contributed by atoms with Gasteiger partial charge in [0.25, 0.3) is 5.91 Å². The Morgan fingerprint density at radius 1 is 1.00 bits per heavy atom. The number of rotatable bonds is 8. The Bertz CT molecular complexity index is 1220. The molecular formula is C31H42ClN5O3. The van der Waals surface area contributed by atoms with Crippen LogP contribution in [0.15, 0.2) is 30.5 Å². The molecule has 1 saturated carbocycles. The highest BCUT2D eigenvalue weighted by atomic mass is 35.5. The number of aryl methyl sites for hydroxylation is 1. The van der Waals surface area contributed by atoms with Crippen molar-refractivity contribution in [3.8, 4) is 0 Å². The molecule has 3 heterocycles. The van der Waals surface area contributed by atoms with Gasteiger partial charge in [0.05, 0.1) is 11.1 Å². The van der Waals surface area contributed by atoms with Gasteiger partial charge in [-0.25, -0.2) is 9.78 Å². The van der Waals surface area contributed by atoms with E-state index in [1.807, 2.05) is 19.1 Å². The Morgan fingerprint density at radius 3 is 2.45 bits per heavy atom. The van der Waals surface area contributed by atoms with Gasteiger partial charge in [0.1, 0.15) is 5.82 Å². The van der Waals surface area contributed by atoms with Crippen LogP contribution in [0.3, 0.4) is 0 Å². The number of carbonyl (C=O) groups is 2. The van der Waals surface area contributed by atoms with Gasteiger partial charge in [0, 0.05) is 55.5 Å². The molecule has 2 N–H and O–H groups in total. The summed E-state index contributed by atoms with van der Waals surface area (Å²) in [6, 6.07) is 8.73. The number of nitrogens with one attached hydrogen (secondary N) is 1. The number of pyridine rings is 1. The fourth-order valence-corrected chi connectivity index (χ4v) is 7.23. The highest BCUT2D eigenvalue weighted by molar-refractivity contribution is 6.31. The maximum Gasteiger partial charge on any atom is 0.336 e. The number of nitrogens with zero attached hydrogens (tertiary/aromatic N) is 4. The summed E-state index contributed by atoms with van der Waals surface area (Å²) in [6.45, 7) is 9.24. The zero-order valence-electron chi connectivity index (χ0n) is 23.7. The third-order valence-electron chi connectivity index (χ3n) is 9.04. The zero-order chi connectivity index (χ0) is 28.2. The molecule has 2 atom stereocenters. The van der Waals surface area contributed by atoms with E-state index >= 15 is 0 Å². The number of aromatic carboxylic acids is 1. The number of carbonyl (C=O) groups excluding carboxylic acids is 1. The molecule has 1 aromatic heterocycles. The van der Waals surface area contributed by atoms with Crippen molar-refractivity contribution in [2.45, 2.75) is 83.5 Å². The number of fused-ring (bicyclic) bond motifs is 1. The molecule has 1 amide bonds. The number of piperazine rings is 1. The van der Waals surface area contributed by atoms with Gasteiger partial charge in [0.15, 0.2) is 0 Å². The van der Waals surface area contributed by atoms with Crippen molar-refractivity contribution in [3.05, 3.63) is 57.7 Å². The summed E-state index contributed by atoms with van der Waals surface area (Å²) in [7, 11) is 0. The van der Waals surface area contributed by atoms with E-state index in [0.29, 0.717) is 47.4 Å². The van der Waals surface area contributed by atoms with Crippen molar-refractivity contribution < 1.29 is 14.7 Å². The number of carboxylic acid groups (broad SMARTS) is 1. The van der Waals surface area contributed by atoms with Crippen LogP contribution in [0.25, 0.3) is 0 Å². The van der Waals surface area contributed by atoms with Gasteiger partial charge in [-0.3, -0.25) is 14.6 Å². The van der Waals surface area contributed by atoms with E-state index in [0.717, 1.165) is 62.4 Å². The Kier molecular flexibility index (Phi) is 9.28. The summed E-state index contributed by atoms with van der Waals surface area (Å²) < 4.78 is 0. The summed E-state index contributed by atoms with van der Waals surface area (Å²) in [5, 5.41) is 13.0. The fourth-order valence-electron chi connectivity index (χ4n) is 7.06. The van der Waals surface area contributed by atoms with Crippen molar-refractivity contribution in [3.63, 3.8) is 0 Å². The van der Waals surface area contributed by atoms with Crippen LogP contribution in [0.5, 0.6) is 0 Å². The first-order chi connectivity index (χ1) is 19.4. The lowest BCUT2D eigenvalue weighted by molar-refractivity contribution is 0.0298. The Labute approximate surface area is 242 Å². The molecule has 0 spiro atoms. The minimum Gasteiger partial charge on any atom is -0.478 e. The maximum absolute atomic E-state index is 12.4. The monoisotopic (exact) mass is 567 g/mol. The van der Waals surface area contributed by atoms with Gasteiger partial charge in [0.2, 0.25) is 0 Å². The molecule has 3 aliphatic rings. The first-order valence-electron chi connectivity index (χ1n) is 14.9. The average Bonchev–Trinajstić information content (AvgIpc) is 2.97. The predicted octanol–water partition coefficient (Wildman–Crippen LogP) is 4.84. The number of hydrogen-bond donors (Lipinski definition) is 2. The Hall–Kier alpha value is -2.68. The molecule has 1 aliphatic carbocycles. The van der Waals surface area contributed by atoms with Crippen molar-refractivity contribution in [1.82, 2.24) is 20.1 Å². The Morgan fingerprint density at radius 2 is 1.75 bits per heavy atom. The molecule has 0 radical (unpaired) electrons. The van der Waals surface area contributed by atoms with Crippen molar-refractivity contribution in [2.24, 2.45) is 0 Å². The quantitative estimate of drug-likeness (QED) is 0.472. The van der Waals surface area contributed by atoms with E-state index < -0.39 is 5.97 Å². The molecule has 0 unspecified atom stereocenters. The van der Waals surface area contributed by atoms with Crippen molar-refractivity contribution in [1.29, 1.82) is 0 Å². The van der Waals surface area contributed by atoms with E-state index in [2.05, 4.69) is 26.9 Å². The maximum atomic E-state index is 12.4. The van der Waals surface area contributed by atoms with E-state index in [-0.39, 0.29) is 5.91 Å². The molecule has 40 heavy (non-hydrogen) atoms. The minimum atomic E-state index is -0.923. The van der Waals surface area contributed by atoms with Crippen LogP contribution >= 0.6 is 11.6 Å². The minimum absolute atomic E-state index is 0.0572. The van der Waals surface area contributed by atoms with Crippen LogP contribution in [0.1, 0.15) is 84.2 Å². The molecule has 5 rings (SSSR count). The van der Waals surface area contributed by atoms with Crippen molar-refractivity contribution >= 4 is 29.3 Å². The van der Waals surface area contributed by atoms with Gasteiger partial charge in [-0.1, -0.05) is 37.4 Å². The van der Waals surface area contributed by atoms with Crippen LogP contribution in [0, 0.1) is 0 Å². The molecule has 9 heteroatoms. The molecule has 0 bridgehead atoms. The van der Waals surface area contributed by atoms with Gasteiger partial charge in [-0.05, 0) is 81.4 Å². The van der Waals surface area contributed by atoms with Crippen LogP contribution < -0.4 is 10.2 Å². The molecule has 2 saturated heterocycles. The second-order valence-electron chi connectivity index (χ2n) is 11.4.